The van der Waals surface area contributed by atoms with Crippen LogP contribution >= 0.6 is 0 Å². The lowest BCUT2D eigenvalue weighted by Crippen LogP contribution is -2.25. The summed E-state index contributed by atoms with van der Waals surface area (Å²) in [5, 5.41) is 3.65. The highest BCUT2D eigenvalue weighted by Gasteiger charge is 2.20. The molecule has 0 saturated carbocycles. The third-order valence-corrected chi connectivity index (χ3v) is 5.07. The van der Waals surface area contributed by atoms with Crippen LogP contribution in [0.15, 0.2) is 36.4 Å². The van der Waals surface area contributed by atoms with Gasteiger partial charge in [0, 0.05) is 12.6 Å². The van der Waals surface area contributed by atoms with Gasteiger partial charge in [-0.15, -0.1) is 0 Å². The molecule has 6 nitrogen and oxygen atoms in total. The molecule has 0 aliphatic heterocycles. The van der Waals surface area contributed by atoms with Crippen molar-refractivity contribution in [2.45, 2.75) is 39.4 Å². The molecule has 0 amide bonds. The van der Waals surface area contributed by atoms with E-state index in [4.69, 9.17) is 19.2 Å². The van der Waals surface area contributed by atoms with Crippen LogP contribution in [0.1, 0.15) is 44.2 Å². The van der Waals surface area contributed by atoms with E-state index in [1.807, 2.05) is 18.2 Å². The molecule has 0 saturated heterocycles. The maximum absolute atomic E-state index is 5.49. The minimum Gasteiger partial charge on any atom is -0.493 e. The predicted molar refractivity (Wildman–Crippen MR) is 111 cm³/mol. The number of imidazole rings is 1. The number of rotatable bonds is 8. The van der Waals surface area contributed by atoms with E-state index in [0.29, 0.717) is 17.2 Å². The van der Waals surface area contributed by atoms with Gasteiger partial charge in [-0.25, -0.2) is 4.98 Å². The predicted octanol–water partition coefficient (Wildman–Crippen LogP) is 4.49. The van der Waals surface area contributed by atoms with Crippen molar-refractivity contribution in [3.63, 3.8) is 0 Å². The Bertz CT molecular complexity index is 926. The maximum Gasteiger partial charge on any atom is 0.203 e. The average Bonchev–Trinajstić information content (AvgIpc) is 3.11. The van der Waals surface area contributed by atoms with Gasteiger partial charge in [-0.3, -0.25) is 0 Å². The van der Waals surface area contributed by atoms with Crippen LogP contribution < -0.4 is 19.5 Å². The van der Waals surface area contributed by atoms with Gasteiger partial charge in [-0.05, 0) is 50.6 Å². The standard InChI is InChI=1S/C22H29N3O3/c1-7-25-18-11-9-8-10-17(18)24-22(25)15(3)23-14(2)16-12-19(26-4)21(28-6)20(13-16)27-5/h8-15,23H,7H2,1-6H3/t14-,15-/m0/s1. The number of nitrogens with zero attached hydrogens (tertiary/aromatic N) is 2. The lowest BCUT2D eigenvalue weighted by Gasteiger charge is -2.22. The number of hydrogen-bond acceptors (Lipinski definition) is 5. The van der Waals surface area contributed by atoms with Crippen LogP contribution in [0.3, 0.4) is 0 Å². The van der Waals surface area contributed by atoms with E-state index in [1.165, 1.54) is 0 Å². The normalized spacial score (nSPS) is 13.4. The van der Waals surface area contributed by atoms with Crippen molar-refractivity contribution in [1.82, 2.24) is 14.9 Å². The van der Waals surface area contributed by atoms with Crippen molar-refractivity contribution in [2.75, 3.05) is 21.3 Å². The van der Waals surface area contributed by atoms with Crippen molar-refractivity contribution in [3.05, 3.63) is 47.8 Å². The van der Waals surface area contributed by atoms with Crippen molar-refractivity contribution in [2.24, 2.45) is 0 Å². The molecule has 0 fully saturated rings. The summed E-state index contributed by atoms with van der Waals surface area (Å²) < 4.78 is 18.7. The molecule has 3 rings (SSSR count). The first kappa shape index (κ1) is 20.0. The van der Waals surface area contributed by atoms with Gasteiger partial charge >= 0.3 is 0 Å². The summed E-state index contributed by atoms with van der Waals surface area (Å²) in [5.74, 6) is 2.93. The van der Waals surface area contributed by atoms with Crippen molar-refractivity contribution in [3.8, 4) is 17.2 Å². The molecular weight excluding hydrogens is 354 g/mol. The van der Waals surface area contributed by atoms with Crippen LogP contribution in [0.2, 0.25) is 0 Å². The first-order valence-electron chi connectivity index (χ1n) is 9.55. The summed E-state index contributed by atoms with van der Waals surface area (Å²) >= 11 is 0. The fourth-order valence-electron chi connectivity index (χ4n) is 3.65. The number of methoxy groups -OCH3 is 3. The zero-order valence-corrected chi connectivity index (χ0v) is 17.4. The molecule has 150 valence electrons. The van der Waals surface area contributed by atoms with Crippen LogP contribution in [0.4, 0.5) is 0 Å². The number of fused-ring (bicyclic) bond motifs is 1. The molecule has 0 aliphatic rings. The Balaban J connectivity index is 1.90. The number of nitrogens with one attached hydrogen (secondary N) is 1. The highest BCUT2D eigenvalue weighted by atomic mass is 16.5. The van der Waals surface area contributed by atoms with Crippen LogP contribution in [-0.2, 0) is 6.54 Å². The monoisotopic (exact) mass is 383 g/mol. The van der Waals surface area contributed by atoms with E-state index in [9.17, 15) is 0 Å². The number of hydrogen-bond donors (Lipinski definition) is 1. The lowest BCUT2D eigenvalue weighted by atomic mass is 10.1. The molecule has 3 aromatic rings. The second-order valence-corrected chi connectivity index (χ2v) is 6.77. The second-order valence-electron chi connectivity index (χ2n) is 6.77. The molecule has 0 spiro atoms. The van der Waals surface area contributed by atoms with Crippen molar-refractivity contribution < 1.29 is 14.2 Å². The van der Waals surface area contributed by atoms with Crippen LogP contribution in [0.5, 0.6) is 17.2 Å². The summed E-state index contributed by atoms with van der Waals surface area (Å²) in [7, 11) is 4.87. The number of ether oxygens (including phenoxy) is 3. The van der Waals surface area contributed by atoms with Crippen molar-refractivity contribution >= 4 is 11.0 Å². The Morgan fingerprint density at radius 2 is 1.61 bits per heavy atom. The molecule has 0 aliphatic carbocycles. The van der Waals surface area contributed by atoms with E-state index in [2.05, 4.69) is 48.9 Å². The molecule has 1 N–H and O–H groups in total. The van der Waals surface area contributed by atoms with Gasteiger partial charge in [0.25, 0.3) is 0 Å². The van der Waals surface area contributed by atoms with Crippen LogP contribution in [-0.4, -0.2) is 30.9 Å². The molecule has 2 aromatic carbocycles. The number of aryl methyl sites for hydroxylation is 1. The van der Waals surface area contributed by atoms with Gasteiger partial charge in [0.15, 0.2) is 11.5 Å². The summed E-state index contributed by atoms with van der Waals surface area (Å²) in [6.45, 7) is 7.28. The molecule has 28 heavy (non-hydrogen) atoms. The SMILES string of the molecule is CCn1c([C@H](C)N[C@@H](C)c2cc(OC)c(OC)c(OC)c2)nc2ccccc21. The Labute approximate surface area is 166 Å². The van der Waals surface area contributed by atoms with Gasteiger partial charge in [0.1, 0.15) is 5.82 Å². The molecule has 0 bridgehead atoms. The van der Waals surface area contributed by atoms with E-state index >= 15 is 0 Å². The minimum atomic E-state index is 0.0637. The van der Waals surface area contributed by atoms with E-state index in [0.717, 1.165) is 29.0 Å². The van der Waals surface area contributed by atoms with Gasteiger partial charge < -0.3 is 24.1 Å². The fraction of sp³-hybridized carbons (Fsp3) is 0.409. The van der Waals surface area contributed by atoms with Gasteiger partial charge in [-0.1, -0.05) is 12.1 Å². The number of benzene rings is 2. The quantitative estimate of drug-likeness (QED) is 0.621. The van der Waals surface area contributed by atoms with E-state index in [-0.39, 0.29) is 12.1 Å². The topological polar surface area (TPSA) is 57.5 Å². The first-order chi connectivity index (χ1) is 13.5. The summed E-state index contributed by atoms with van der Waals surface area (Å²) in [5.41, 5.74) is 3.24. The molecule has 0 radical (unpaired) electrons. The molecule has 2 atom stereocenters. The Morgan fingerprint density at radius 1 is 0.964 bits per heavy atom. The Morgan fingerprint density at radius 3 is 2.18 bits per heavy atom. The maximum atomic E-state index is 5.49. The third kappa shape index (κ3) is 3.64. The Kier molecular flexibility index (Phi) is 6.09. The third-order valence-electron chi connectivity index (χ3n) is 5.07. The van der Waals surface area contributed by atoms with Gasteiger partial charge in [-0.2, -0.15) is 0 Å². The lowest BCUT2D eigenvalue weighted by molar-refractivity contribution is 0.322. The first-order valence-corrected chi connectivity index (χ1v) is 9.55. The zero-order valence-electron chi connectivity index (χ0n) is 17.4. The van der Waals surface area contributed by atoms with Gasteiger partial charge in [0.2, 0.25) is 5.75 Å². The second kappa shape index (κ2) is 8.52. The van der Waals surface area contributed by atoms with E-state index < -0.39 is 0 Å². The van der Waals surface area contributed by atoms with Crippen LogP contribution in [0, 0.1) is 0 Å². The zero-order chi connectivity index (χ0) is 20.3. The number of aromatic nitrogens is 2. The Hall–Kier alpha value is -2.73. The summed E-state index contributed by atoms with van der Waals surface area (Å²) in [6.07, 6.45) is 0. The minimum absolute atomic E-state index is 0.0637. The molecule has 0 unspecified atom stereocenters. The van der Waals surface area contributed by atoms with Gasteiger partial charge in [0.05, 0.1) is 38.4 Å². The van der Waals surface area contributed by atoms with Crippen LogP contribution in [0.25, 0.3) is 11.0 Å². The molecule has 1 heterocycles. The molecule has 1 aromatic heterocycles. The van der Waals surface area contributed by atoms with E-state index in [1.54, 1.807) is 21.3 Å². The smallest absolute Gasteiger partial charge is 0.203 e. The molecule has 6 heteroatoms. The average molecular weight is 383 g/mol. The highest BCUT2D eigenvalue weighted by molar-refractivity contribution is 5.76. The largest absolute Gasteiger partial charge is 0.493 e. The fourth-order valence-corrected chi connectivity index (χ4v) is 3.65. The summed E-state index contributed by atoms with van der Waals surface area (Å²) in [6, 6.07) is 12.3. The van der Waals surface area contributed by atoms with Crippen molar-refractivity contribution in [1.29, 1.82) is 0 Å². The molecular formula is C22H29N3O3. The number of para-hydroxylation sites is 2. The highest BCUT2D eigenvalue weighted by Crippen LogP contribution is 2.40. The summed E-state index contributed by atoms with van der Waals surface area (Å²) in [4.78, 5) is 4.86.